The zero-order valence-corrected chi connectivity index (χ0v) is 36.0. The molecule has 310 valence electrons. The quantitative estimate of drug-likeness (QED) is 0.142. The number of hydrogen-bond acceptors (Lipinski definition) is 7. The molecule has 5 aliphatic rings. The Bertz CT molecular complexity index is 1710. The van der Waals surface area contributed by atoms with Crippen molar-refractivity contribution in [1.82, 2.24) is 4.90 Å². The number of benzene rings is 1. The molecule has 0 saturated heterocycles. The number of fused-ring (bicyclic) bond motifs is 7. The van der Waals surface area contributed by atoms with Crippen molar-refractivity contribution in [2.24, 2.45) is 56.2 Å². The molecule has 8 atom stereocenters. The number of Topliss-reactive ketones (excluding diaryl/α,β-unsaturated/α-hetero) is 2. The molecule has 4 saturated carbocycles. The Morgan fingerprint density at radius 2 is 1.59 bits per heavy atom. The van der Waals surface area contributed by atoms with Crippen LogP contribution in [0.5, 0.6) is 0 Å². The topological polar surface area (TPSA) is 121 Å². The van der Waals surface area contributed by atoms with E-state index in [0.29, 0.717) is 44.2 Å². The molecule has 5 aliphatic carbocycles. The molecule has 0 radical (unpaired) electrons. The summed E-state index contributed by atoms with van der Waals surface area (Å²) in [4.78, 5) is 56.5. The van der Waals surface area contributed by atoms with Gasteiger partial charge in [0.25, 0.3) is 0 Å². The van der Waals surface area contributed by atoms with Crippen LogP contribution in [0.25, 0.3) is 0 Å². The van der Waals surface area contributed by atoms with Crippen molar-refractivity contribution in [3.63, 3.8) is 0 Å². The van der Waals surface area contributed by atoms with Gasteiger partial charge < -0.3 is 14.9 Å². The van der Waals surface area contributed by atoms with Gasteiger partial charge in [0, 0.05) is 25.0 Å². The van der Waals surface area contributed by atoms with E-state index >= 15 is 4.79 Å². The van der Waals surface area contributed by atoms with Gasteiger partial charge in [0.15, 0.2) is 11.6 Å². The first-order valence-corrected chi connectivity index (χ1v) is 21.8. The fourth-order valence-electron chi connectivity index (χ4n) is 13.6. The molecule has 1 aromatic carbocycles. The lowest BCUT2D eigenvalue weighted by Gasteiger charge is -2.72. The minimum Gasteiger partial charge on any atom is -0.481 e. The number of aliphatic hydroxyl groups is 1. The average molecular weight is 774 g/mol. The van der Waals surface area contributed by atoms with Crippen LogP contribution >= 0.6 is 0 Å². The van der Waals surface area contributed by atoms with E-state index in [1.165, 1.54) is 5.57 Å². The van der Waals surface area contributed by atoms with E-state index in [1.807, 2.05) is 18.2 Å². The van der Waals surface area contributed by atoms with Crippen molar-refractivity contribution < 1.29 is 34.1 Å². The summed E-state index contributed by atoms with van der Waals surface area (Å²) in [5.74, 6) is -0.0354. The zero-order chi connectivity index (χ0) is 41.1. The third-order valence-corrected chi connectivity index (χ3v) is 16.8. The second-order valence-electron chi connectivity index (χ2n) is 21.0. The Hall–Kier alpha value is -2.84. The highest BCUT2D eigenvalue weighted by Gasteiger charge is 2.71. The van der Waals surface area contributed by atoms with Crippen LogP contribution in [0.3, 0.4) is 0 Å². The average Bonchev–Trinajstić information content (AvgIpc) is 3.43. The second kappa shape index (κ2) is 15.4. The van der Waals surface area contributed by atoms with Gasteiger partial charge in [-0.15, -0.1) is 0 Å². The van der Waals surface area contributed by atoms with Crippen LogP contribution in [0, 0.1) is 56.2 Å². The summed E-state index contributed by atoms with van der Waals surface area (Å²) in [6.45, 7) is 21.3. The van der Waals surface area contributed by atoms with E-state index in [9.17, 15) is 24.6 Å². The number of aliphatic hydroxyl groups excluding tert-OH is 1. The molecular weight excluding hydrogens is 703 g/mol. The van der Waals surface area contributed by atoms with Crippen LogP contribution in [0.1, 0.15) is 145 Å². The molecule has 0 bridgehead atoms. The first-order valence-electron chi connectivity index (χ1n) is 21.8. The van der Waals surface area contributed by atoms with E-state index in [2.05, 4.69) is 65.5 Å². The number of carbonyl (C=O) groups is 4. The van der Waals surface area contributed by atoms with E-state index in [1.54, 1.807) is 13.8 Å². The summed E-state index contributed by atoms with van der Waals surface area (Å²) < 4.78 is 6.18. The summed E-state index contributed by atoms with van der Waals surface area (Å²) in [7, 11) is 0. The van der Waals surface area contributed by atoms with Gasteiger partial charge in [-0.2, -0.15) is 0 Å². The van der Waals surface area contributed by atoms with Crippen LogP contribution in [0.15, 0.2) is 41.5 Å². The fraction of sp³-hybridized carbons (Fsp3) is 0.750. The minimum atomic E-state index is -1.18. The standard InChI is InChI=1S/C48H71NO7/c1-31(2)40-34(51)27-48(37(52)30-49(25-13-14-26-50)29-32-15-11-10-12-16-32)24-23-46(8)33(41(40)48)17-18-36-45(7)21-20-38(56-39(53)28-43(3,4)42(54)55)44(5,6)35(45)19-22-47(36,46)9/h10-12,15-16,31,33,35-36,38,50H,13-14,17-30H2,1-9H3,(H,54,55)/t33-,35+,36-,38+,45+,46-,47-,48+/m1/s1. The molecule has 6 rings (SSSR count). The lowest BCUT2D eigenvalue weighted by atomic mass is 9.33. The highest BCUT2D eigenvalue weighted by Crippen LogP contribution is 2.76. The van der Waals surface area contributed by atoms with Crippen molar-refractivity contribution >= 4 is 23.5 Å². The van der Waals surface area contributed by atoms with Crippen LogP contribution in [0.2, 0.25) is 0 Å². The number of carboxylic acid groups (broad SMARTS) is 1. The molecule has 0 heterocycles. The van der Waals surface area contributed by atoms with Gasteiger partial charge in [-0.1, -0.05) is 78.8 Å². The Kier molecular flexibility index (Phi) is 11.8. The van der Waals surface area contributed by atoms with Gasteiger partial charge in [-0.05, 0) is 141 Å². The zero-order valence-electron chi connectivity index (χ0n) is 36.0. The molecular formula is C48H71NO7. The third kappa shape index (κ3) is 7.05. The summed E-state index contributed by atoms with van der Waals surface area (Å²) in [6.07, 6.45) is 8.85. The number of esters is 1. The van der Waals surface area contributed by atoms with E-state index in [0.717, 1.165) is 69.0 Å². The second-order valence-corrected chi connectivity index (χ2v) is 21.0. The molecule has 0 amide bonds. The van der Waals surface area contributed by atoms with Crippen molar-refractivity contribution in [2.45, 2.75) is 152 Å². The van der Waals surface area contributed by atoms with E-state index < -0.39 is 22.8 Å². The van der Waals surface area contributed by atoms with Gasteiger partial charge in [0.2, 0.25) is 0 Å². The number of carbonyl (C=O) groups excluding carboxylic acids is 3. The van der Waals surface area contributed by atoms with Crippen molar-refractivity contribution in [3.8, 4) is 0 Å². The van der Waals surface area contributed by atoms with Crippen LogP contribution in [-0.2, 0) is 30.5 Å². The molecule has 0 unspecified atom stereocenters. The molecule has 8 nitrogen and oxygen atoms in total. The Morgan fingerprint density at radius 3 is 2.23 bits per heavy atom. The van der Waals surface area contributed by atoms with E-state index in [-0.39, 0.29) is 64.2 Å². The predicted octanol–water partition coefficient (Wildman–Crippen LogP) is 9.22. The number of ketones is 2. The lowest BCUT2D eigenvalue weighted by molar-refractivity contribution is -0.233. The van der Waals surface area contributed by atoms with Gasteiger partial charge in [-0.25, -0.2) is 0 Å². The number of nitrogens with zero attached hydrogens (tertiary/aromatic N) is 1. The number of carboxylic acids is 1. The first-order chi connectivity index (χ1) is 26.2. The smallest absolute Gasteiger partial charge is 0.309 e. The Labute approximate surface area is 336 Å². The summed E-state index contributed by atoms with van der Waals surface area (Å²) in [6, 6.07) is 10.3. The predicted molar refractivity (Wildman–Crippen MR) is 218 cm³/mol. The SMILES string of the molecule is CC(C)C1=C2[C@H]3CC[C@@H]4[C@@]5(C)CC[C@H](OC(=O)CC(C)(C)C(=O)O)C(C)(C)[C@@H]5CC[C@@]4(C)[C@]3(C)CC[C@@]2(C(=O)CN(CCCCO)Cc2ccccc2)CC1=O. The van der Waals surface area contributed by atoms with Gasteiger partial charge in [0.1, 0.15) is 6.10 Å². The number of ether oxygens (including phenoxy) is 1. The molecule has 0 aromatic heterocycles. The maximum Gasteiger partial charge on any atom is 0.309 e. The number of hydrogen-bond donors (Lipinski definition) is 2. The Morgan fingerprint density at radius 1 is 0.893 bits per heavy atom. The molecule has 4 fully saturated rings. The summed E-state index contributed by atoms with van der Waals surface area (Å²) in [5, 5.41) is 19.2. The largest absolute Gasteiger partial charge is 0.481 e. The maximum atomic E-state index is 15.1. The van der Waals surface area contributed by atoms with Gasteiger partial charge in [-0.3, -0.25) is 24.1 Å². The minimum absolute atomic E-state index is 0.00580. The van der Waals surface area contributed by atoms with Gasteiger partial charge >= 0.3 is 11.9 Å². The molecule has 8 heteroatoms. The monoisotopic (exact) mass is 774 g/mol. The molecule has 56 heavy (non-hydrogen) atoms. The van der Waals surface area contributed by atoms with Crippen LogP contribution in [-0.4, -0.2) is 64.4 Å². The molecule has 0 aliphatic heterocycles. The number of allylic oxidation sites excluding steroid dienone is 2. The van der Waals surface area contributed by atoms with E-state index in [4.69, 9.17) is 4.74 Å². The molecule has 0 spiro atoms. The normalized spacial score (nSPS) is 35.1. The van der Waals surface area contributed by atoms with Crippen molar-refractivity contribution in [2.75, 3.05) is 19.7 Å². The van der Waals surface area contributed by atoms with Crippen molar-refractivity contribution in [3.05, 3.63) is 47.0 Å². The van der Waals surface area contributed by atoms with Crippen LogP contribution < -0.4 is 0 Å². The maximum absolute atomic E-state index is 15.1. The highest BCUT2D eigenvalue weighted by atomic mass is 16.5. The van der Waals surface area contributed by atoms with Gasteiger partial charge in [0.05, 0.1) is 23.8 Å². The fourth-order valence-corrected chi connectivity index (χ4v) is 13.6. The van der Waals surface area contributed by atoms with Crippen molar-refractivity contribution in [1.29, 1.82) is 0 Å². The molecule has 1 aromatic rings. The Balaban J connectivity index is 1.28. The van der Waals surface area contributed by atoms with Crippen LogP contribution in [0.4, 0.5) is 0 Å². The lowest BCUT2D eigenvalue weighted by Crippen LogP contribution is -2.66. The highest BCUT2D eigenvalue weighted by molar-refractivity contribution is 6.07. The number of rotatable bonds is 14. The number of unbranched alkanes of at least 4 members (excludes halogenated alkanes) is 1. The summed E-state index contributed by atoms with van der Waals surface area (Å²) in [5.41, 5.74) is 1.05. The number of aliphatic carboxylic acids is 1. The first kappa shape index (κ1) is 42.8. The molecule has 2 N–H and O–H groups in total. The summed E-state index contributed by atoms with van der Waals surface area (Å²) >= 11 is 0. The third-order valence-electron chi connectivity index (χ3n) is 16.8.